The van der Waals surface area contributed by atoms with Crippen molar-refractivity contribution in [3.8, 4) is 0 Å². The summed E-state index contributed by atoms with van der Waals surface area (Å²) in [4.78, 5) is 11.0. The Morgan fingerprint density at radius 1 is 1.38 bits per heavy atom. The minimum atomic E-state index is -0.559. The quantitative estimate of drug-likeness (QED) is 0.578. The summed E-state index contributed by atoms with van der Waals surface area (Å²) in [5.74, 6) is 0.366. The van der Waals surface area contributed by atoms with Crippen LogP contribution in [0.2, 0.25) is 0 Å². The van der Waals surface area contributed by atoms with Gasteiger partial charge >= 0.3 is 6.16 Å². The highest BCUT2D eigenvalue weighted by atomic mass is 127. The zero-order chi connectivity index (χ0) is 9.90. The Balaban J connectivity index is 2.62. The SMILES string of the molecule is CC(C)C1(OC(=O)OI)CCCC1. The van der Waals surface area contributed by atoms with Crippen molar-refractivity contribution in [1.82, 2.24) is 0 Å². The third kappa shape index (κ3) is 2.48. The molecule has 0 spiro atoms. The lowest BCUT2D eigenvalue weighted by molar-refractivity contribution is -0.0344. The molecular weight excluding hydrogens is 283 g/mol. The van der Waals surface area contributed by atoms with Crippen LogP contribution in [-0.2, 0) is 7.80 Å². The van der Waals surface area contributed by atoms with E-state index in [2.05, 4.69) is 16.9 Å². The predicted octanol–water partition coefficient (Wildman–Crippen LogP) is 3.46. The molecule has 1 rings (SSSR count). The number of hydrogen-bond donors (Lipinski definition) is 0. The van der Waals surface area contributed by atoms with Gasteiger partial charge in [0.05, 0.1) is 0 Å². The molecule has 76 valence electrons. The van der Waals surface area contributed by atoms with Gasteiger partial charge in [-0.25, -0.2) is 4.79 Å². The Morgan fingerprint density at radius 3 is 2.31 bits per heavy atom. The first-order valence-corrected chi connectivity index (χ1v) is 5.50. The molecular formula is C9H15IO3. The average molecular weight is 298 g/mol. The number of hydrogen-bond acceptors (Lipinski definition) is 3. The van der Waals surface area contributed by atoms with Crippen LogP contribution in [0, 0.1) is 5.92 Å². The molecule has 0 aromatic rings. The molecule has 0 radical (unpaired) electrons. The van der Waals surface area contributed by atoms with E-state index in [4.69, 9.17) is 4.74 Å². The van der Waals surface area contributed by atoms with Gasteiger partial charge in [-0.05, 0) is 31.6 Å². The van der Waals surface area contributed by atoms with Gasteiger partial charge in [-0.1, -0.05) is 13.8 Å². The predicted molar refractivity (Wildman–Crippen MR) is 57.6 cm³/mol. The molecule has 0 unspecified atom stereocenters. The van der Waals surface area contributed by atoms with Crippen LogP contribution in [0.4, 0.5) is 4.79 Å². The van der Waals surface area contributed by atoms with Crippen molar-refractivity contribution in [2.75, 3.05) is 0 Å². The summed E-state index contributed by atoms with van der Waals surface area (Å²) in [6.45, 7) is 4.18. The first-order valence-electron chi connectivity index (χ1n) is 4.62. The minimum Gasteiger partial charge on any atom is -0.427 e. The topological polar surface area (TPSA) is 35.5 Å². The lowest BCUT2D eigenvalue weighted by Gasteiger charge is -2.31. The van der Waals surface area contributed by atoms with E-state index in [1.54, 1.807) is 23.0 Å². The average Bonchev–Trinajstić information content (AvgIpc) is 2.54. The molecule has 0 aliphatic heterocycles. The van der Waals surface area contributed by atoms with E-state index >= 15 is 0 Å². The van der Waals surface area contributed by atoms with E-state index < -0.39 is 6.16 Å². The molecule has 4 heteroatoms. The lowest BCUT2D eigenvalue weighted by Crippen LogP contribution is -2.37. The normalized spacial score (nSPS) is 20.3. The highest BCUT2D eigenvalue weighted by Crippen LogP contribution is 2.39. The van der Waals surface area contributed by atoms with Gasteiger partial charge < -0.3 is 7.80 Å². The minimum absolute atomic E-state index is 0.262. The summed E-state index contributed by atoms with van der Waals surface area (Å²) in [6.07, 6.45) is 3.67. The number of carbonyl (C=O) groups excluding carboxylic acids is 1. The van der Waals surface area contributed by atoms with Crippen LogP contribution in [0.3, 0.4) is 0 Å². The molecule has 1 saturated carbocycles. The van der Waals surface area contributed by atoms with Gasteiger partial charge in [0.15, 0.2) is 23.0 Å². The first kappa shape index (κ1) is 11.1. The molecule has 0 aromatic carbocycles. The van der Waals surface area contributed by atoms with Crippen molar-refractivity contribution in [3.63, 3.8) is 0 Å². The maximum atomic E-state index is 11.0. The molecule has 3 nitrogen and oxygen atoms in total. The Hall–Kier alpha value is 0. The van der Waals surface area contributed by atoms with Gasteiger partial charge in [0, 0.05) is 0 Å². The lowest BCUT2D eigenvalue weighted by atomic mass is 9.88. The fourth-order valence-corrected chi connectivity index (χ4v) is 2.04. The maximum Gasteiger partial charge on any atom is 0.518 e. The molecule has 0 bridgehead atoms. The highest BCUT2D eigenvalue weighted by molar-refractivity contribution is 14.1. The Bertz CT molecular complexity index is 185. The van der Waals surface area contributed by atoms with Crippen molar-refractivity contribution < 1.29 is 12.6 Å². The summed E-state index contributed by atoms with van der Waals surface area (Å²) in [7, 11) is 0. The first-order chi connectivity index (χ1) is 6.10. The van der Waals surface area contributed by atoms with E-state index in [0.717, 1.165) is 25.7 Å². The van der Waals surface area contributed by atoms with Gasteiger partial charge in [-0.2, -0.15) is 0 Å². The van der Waals surface area contributed by atoms with Crippen LogP contribution in [0.15, 0.2) is 0 Å². The Labute approximate surface area is 92.9 Å². The number of ether oxygens (including phenoxy) is 1. The summed E-state index contributed by atoms with van der Waals surface area (Å²) in [5, 5.41) is 0. The zero-order valence-electron chi connectivity index (χ0n) is 8.01. The van der Waals surface area contributed by atoms with Gasteiger partial charge in [-0.15, -0.1) is 0 Å². The summed E-state index contributed by atoms with van der Waals surface area (Å²) in [6, 6.07) is 0. The zero-order valence-corrected chi connectivity index (χ0v) is 10.2. The van der Waals surface area contributed by atoms with Gasteiger partial charge in [0.25, 0.3) is 0 Å². The smallest absolute Gasteiger partial charge is 0.427 e. The van der Waals surface area contributed by atoms with Gasteiger partial charge in [-0.3, -0.25) is 0 Å². The van der Waals surface area contributed by atoms with Gasteiger partial charge in [0.1, 0.15) is 5.60 Å². The van der Waals surface area contributed by atoms with Crippen LogP contribution in [0.25, 0.3) is 0 Å². The van der Waals surface area contributed by atoms with Crippen molar-refractivity contribution >= 4 is 29.2 Å². The molecule has 0 saturated heterocycles. The fraction of sp³-hybridized carbons (Fsp3) is 0.889. The second kappa shape index (κ2) is 4.48. The molecule has 0 amide bonds. The van der Waals surface area contributed by atoms with E-state index in [1.807, 2.05) is 0 Å². The third-order valence-corrected chi connectivity index (χ3v) is 3.21. The van der Waals surface area contributed by atoms with Crippen LogP contribution >= 0.6 is 23.0 Å². The molecule has 0 atom stereocenters. The maximum absolute atomic E-state index is 11.0. The largest absolute Gasteiger partial charge is 0.518 e. The molecule has 1 aliphatic rings. The van der Waals surface area contributed by atoms with E-state index in [9.17, 15) is 4.79 Å². The van der Waals surface area contributed by atoms with Crippen LogP contribution in [0.1, 0.15) is 39.5 Å². The Morgan fingerprint density at radius 2 is 1.92 bits per heavy atom. The van der Waals surface area contributed by atoms with Crippen molar-refractivity contribution in [2.24, 2.45) is 5.92 Å². The summed E-state index contributed by atoms with van der Waals surface area (Å²) < 4.78 is 9.84. The summed E-state index contributed by atoms with van der Waals surface area (Å²) in [5.41, 5.74) is -0.262. The highest BCUT2D eigenvalue weighted by Gasteiger charge is 2.41. The van der Waals surface area contributed by atoms with E-state index in [-0.39, 0.29) is 5.60 Å². The molecule has 1 fully saturated rings. The monoisotopic (exact) mass is 298 g/mol. The molecule has 0 N–H and O–H groups in total. The van der Waals surface area contributed by atoms with Crippen LogP contribution in [-0.4, -0.2) is 11.8 Å². The Kier molecular flexibility index (Phi) is 3.82. The molecule has 0 heterocycles. The molecule has 0 aromatic heterocycles. The van der Waals surface area contributed by atoms with Crippen molar-refractivity contribution in [2.45, 2.75) is 45.1 Å². The summed E-state index contributed by atoms with van der Waals surface area (Å²) >= 11 is 1.56. The number of rotatable bonds is 2. The number of carbonyl (C=O) groups is 1. The van der Waals surface area contributed by atoms with Crippen molar-refractivity contribution in [3.05, 3.63) is 0 Å². The second-order valence-electron chi connectivity index (χ2n) is 3.86. The van der Waals surface area contributed by atoms with Crippen molar-refractivity contribution in [1.29, 1.82) is 0 Å². The van der Waals surface area contributed by atoms with E-state index in [0.29, 0.717) is 5.92 Å². The second-order valence-corrected chi connectivity index (χ2v) is 4.30. The fourth-order valence-electron chi connectivity index (χ4n) is 1.95. The molecule has 1 aliphatic carbocycles. The molecule has 13 heavy (non-hydrogen) atoms. The van der Waals surface area contributed by atoms with Crippen LogP contribution < -0.4 is 0 Å². The standard InChI is InChI=1S/C9H15IO3/c1-7(2)9(5-3-4-6-9)12-8(11)13-10/h7H,3-6H2,1-2H3. The number of halogens is 1. The third-order valence-electron chi connectivity index (χ3n) is 2.85. The van der Waals surface area contributed by atoms with Gasteiger partial charge in [0.2, 0.25) is 0 Å². The van der Waals surface area contributed by atoms with E-state index in [1.165, 1.54) is 0 Å². The van der Waals surface area contributed by atoms with Crippen LogP contribution in [0.5, 0.6) is 0 Å².